The van der Waals surface area contributed by atoms with Gasteiger partial charge in [-0.1, -0.05) is 0 Å². The molecule has 3 nitrogen and oxygen atoms in total. The fourth-order valence-corrected chi connectivity index (χ4v) is 1.15. The number of aromatic nitrogens is 2. The number of fused-ring (bicyclic) bond motifs is 1. The molecule has 0 fully saturated rings. The lowest BCUT2D eigenvalue weighted by molar-refractivity contribution is -0.137. The molecule has 2 heterocycles. The van der Waals surface area contributed by atoms with Gasteiger partial charge in [-0.25, -0.2) is 0 Å². The SMILES string of the molecule is Oc1cn2cc(C(F)(F)F)ccc2n1. The number of aromatic hydroxyl groups is 1. The van der Waals surface area contributed by atoms with Crippen LogP contribution in [-0.4, -0.2) is 14.5 Å². The highest BCUT2D eigenvalue weighted by molar-refractivity contribution is 5.43. The van der Waals surface area contributed by atoms with Crippen LogP contribution in [0.15, 0.2) is 24.5 Å². The fraction of sp³-hybridized carbons (Fsp3) is 0.125. The van der Waals surface area contributed by atoms with Gasteiger partial charge in [0, 0.05) is 6.20 Å². The Balaban J connectivity index is 2.62. The number of halogens is 3. The van der Waals surface area contributed by atoms with Gasteiger partial charge in [0.1, 0.15) is 5.65 Å². The van der Waals surface area contributed by atoms with Gasteiger partial charge in [0.25, 0.3) is 0 Å². The van der Waals surface area contributed by atoms with E-state index in [9.17, 15) is 13.2 Å². The van der Waals surface area contributed by atoms with Crippen LogP contribution in [-0.2, 0) is 6.18 Å². The molecule has 1 N–H and O–H groups in total. The Morgan fingerprint density at radius 3 is 2.57 bits per heavy atom. The van der Waals surface area contributed by atoms with E-state index in [2.05, 4.69) is 4.98 Å². The van der Waals surface area contributed by atoms with Gasteiger partial charge in [0.15, 0.2) is 0 Å². The molecule has 0 aliphatic rings. The van der Waals surface area contributed by atoms with Crippen molar-refractivity contribution in [2.45, 2.75) is 6.18 Å². The van der Waals surface area contributed by atoms with E-state index in [1.54, 1.807) is 0 Å². The lowest BCUT2D eigenvalue weighted by Crippen LogP contribution is -2.05. The zero-order valence-electron chi connectivity index (χ0n) is 6.78. The molecule has 0 atom stereocenters. The molecule has 0 spiro atoms. The van der Waals surface area contributed by atoms with Crippen molar-refractivity contribution in [3.05, 3.63) is 30.1 Å². The van der Waals surface area contributed by atoms with Crippen LogP contribution >= 0.6 is 0 Å². The smallest absolute Gasteiger partial charge is 0.417 e. The van der Waals surface area contributed by atoms with E-state index in [-0.39, 0.29) is 11.5 Å². The first-order valence-corrected chi connectivity index (χ1v) is 3.72. The highest BCUT2D eigenvalue weighted by Gasteiger charge is 2.30. The van der Waals surface area contributed by atoms with Crippen molar-refractivity contribution in [2.75, 3.05) is 0 Å². The standard InChI is InChI=1S/C8H5F3N2O/c9-8(10,11)5-1-2-6-12-7(14)4-13(6)3-5/h1-4,14H. The maximum Gasteiger partial charge on any atom is 0.417 e. The van der Waals surface area contributed by atoms with Crippen LogP contribution in [0.25, 0.3) is 5.65 Å². The first kappa shape index (κ1) is 8.86. The molecule has 0 bridgehead atoms. The van der Waals surface area contributed by atoms with Crippen LogP contribution in [0.4, 0.5) is 13.2 Å². The molecule has 0 unspecified atom stereocenters. The van der Waals surface area contributed by atoms with Crippen molar-refractivity contribution in [2.24, 2.45) is 0 Å². The van der Waals surface area contributed by atoms with Crippen LogP contribution in [0.1, 0.15) is 5.56 Å². The highest BCUT2D eigenvalue weighted by Crippen LogP contribution is 2.29. The molecule has 0 radical (unpaired) electrons. The molecular weight excluding hydrogens is 197 g/mol. The monoisotopic (exact) mass is 202 g/mol. The Morgan fingerprint density at radius 1 is 1.21 bits per heavy atom. The maximum atomic E-state index is 12.2. The summed E-state index contributed by atoms with van der Waals surface area (Å²) in [5.74, 6) is -0.302. The van der Waals surface area contributed by atoms with Crippen LogP contribution in [0.3, 0.4) is 0 Å². The van der Waals surface area contributed by atoms with Gasteiger partial charge in [-0.05, 0) is 12.1 Å². The largest absolute Gasteiger partial charge is 0.492 e. The number of hydrogen-bond donors (Lipinski definition) is 1. The molecule has 0 amide bonds. The minimum atomic E-state index is -4.38. The summed E-state index contributed by atoms with van der Waals surface area (Å²) < 4.78 is 37.8. The molecule has 2 aromatic heterocycles. The normalized spacial score (nSPS) is 12.2. The average molecular weight is 202 g/mol. The Bertz CT molecular complexity index is 475. The number of nitrogens with zero attached hydrogens (tertiary/aromatic N) is 2. The van der Waals surface area contributed by atoms with Gasteiger partial charge in [0.05, 0.1) is 11.8 Å². The summed E-state index contributed by atoms with van der Waals surface area (Å²) in [5.41, 5.74) is -0.502. The Hall–Kier alpha value is -1.72. The number of alkyl halides is 3. The van der Waals surface area contributed by atoms with Gasteiger partial charge in [-0.2, -0.15) is 18.2 Å². The average Bonchev–Trinajstić information content (AvgIpc) is 2.41. The van der Waals surface area contributed by atoms with Crippen molar-refractivity contribution >= 4 is 5.65 Å². The molecule has 74 valence electrons. The number of pyridine rings is 1. The third-order valence-corrected chi connectivity index (χ3v) is 1.77. The molecule has 2 rings (SSSR count). The predicted octanol–water partition coefficient (Wildman–Crippen LogP) is 2.06. The van der Waals surface area contributed by atoms with Gasteiger partial charge in [-0.3, -0.25) is 0 Å². The zero-order valence-corrected chi connectivity index (χ0v) is 6.78. The Morgan fingerprint density at radius 2 is 1.93 bits per heavy atom. The fourth-order valence-electron chi connectivity index (χ4n) is 1.15. The number of rotatable bonds is 0. The summed E-state index contributed by atoms with van der Waals surface area (Å²) in [6.45, 7) is 0. The molecule has 14 heavy (non-hydrogen) atoms. The molecule has 2 aromatic rings. The second-order valence-electron chi connectivity index (χ2n) is 2.78. The van der Waals surface area contributed by atoms with E-state index >= 15 is 0 Å². The van der Waals surface area contributed by atoms with Crippen molar-refractivity contribution in [1.29, 1.82) is 0 Å². The summed E-state index contributed by atoms with van der Waals surface area (Å²) in [6, 6.07) is 2.12. The first-order valence-electron chi connectivity index (χ1n) is 3.72. The van der Waals surface area contributed by atoms with E-state index < -0.39 is 11.7 Å². The topological polar surface area (TPSA) is 37.5 Å². The third-order valence-electron chi connectivity index (χ3n) is 1.77. The second kappa shape index (κ2) is 2.63. The van der Waals surface area contributed by atoms with Crippen molar-refractivity contribution in [3.8, 4) is 5.88 Å². The van der Waals surface area contributed by atoms with E-state index in [0.29, 0.717) is 0 Å². The summed E-state index contributed by atoms with van der Waals surface area (Å²) in [6.07, 6.45) is -2.39. The van der Waals surface area contributed by atoms with Gasteiger partial charge >= 0.3 is 6.18 Å². The Labute approximate surface area is 76.4 Å². The zero-order chi connectivity index (χ0) is 10.3. The molecule has 0 saturated carbocycles. The van der Waals surface area contributed by atoms with Crippen molar-refractivity contribution < 1.29 is 18.3 Å². The van der Waals surface area contributed by atoms with E-state index in [0.717, 1.165) is 22.9 Å². The lowest BCUT2D eigenvalue weighted by atomic mass is 10.3. The van der Waals surface area contributed by atoms with Gasteiger partial charge in [-0.15, -0.1) is 0 Å². The van der Waals surface area contributed by atoms with E-state index in [4.69, 9.17) is 5.11 Å². The lowest BCUT2D eigenvalue weighted by Gasteiger charge is -2.05. The van der Waals surface area contributed by atoms with Crippen molar-refractivity contribution in [1.82, 2.24) is 9.38 Å². The second-order valence-corrected chi connectivity index (χ2v) is 2.78. The molecule has 0 saturated heterocycles. The van der Waals surface area contributed by atoms with Crippen LogP contribution in [0.5, 0.6) is 5.88 Å². The predicted molar refractivity (Wildman–Crippen MR) is 41.9 cm³/mol. The van der Waals surface area contributed by atoms with E-state index in [1.807, 2.05) is 0 Å². The van der Waals surface area contributed by atoms with Crippen LogP contribution in [0.2, 0.25) is 0 Å². The molecule has 0 aliphatic carbocycles. The molecule has 6 heteroatoms. The molecule has 0 aromatic carbocycles. The van der Waals surface area contributed by atoms with E-state index in [1.165, 1.54) is 6.07 Å². The maximum absolute atomic E-state index is 12.2. The third kappa shape index (κ3) is 1.39. The number of hydrogen-bond acceptors (Lipinski definition) is 2. The molecule has 0 aliphatic heterocycles. The van der Waals surface area contributed by atoms with Crippen LogP contribution < -0.4 is 0 Å². The summed E-state index contributed by atoms with van der Waals surface area (Å²) in [7, 11) is 0. The summed E-state index contributed by atoms with van der Waals surface area (Å²) >= 11 is 0. The Kier molecular flexibility index (Phi) is 1.67. The highest BCUT2D eigenvalue weighted by atomic mass is 19.4. The molecular formula is C8H5F3N2O. The quantitative estimate of drug-likeness (QED) is 0.709. The van der Waals surface area contributed by atoms with Gasteiger partial charge < -0.3 is 9.51 Å². The number of imidazole rings is 1. The van der Waals surface area contributed by atoms with Crippen LogP contribution in [0, 0.1) is 0 Å². The summed E-state index contributed by atoms with van der Waals surface area (Å²) in [4.78, 5) is 3.59. The first-order chi connectivity index (χ1) is 6.47. The minimum absolute atomic E-state index is 0.274. The summed E-state index contributed by atoms with van der Waals surface area (Å²) in [5, 5.41) is 8.94. The van der Waals surface area contributed by atoms with Gasteiger partial charge in [0.2, 0.25) is 5.88 Å². The minimum Gasteiger partial charge on any atom is -0.492 e. The van der Waals surface area contributed by atoms with Crippen molar-refractivity contribution in [3.63, 3.8) is 0 Å².